The van der Waals surface area contributed by atoms with Gasteiger partial charge in [-0.3, -0.25) is 4.98 Å². The molecule has 0 saturated heterocycles. The minimum absolute atomic E-state index is 0.246. The number of aromatic nitrogens is 4. The Morgan fingerprint density at radius 3 is 2.86 bits per heavy atom. The molecule has 2 rings (SSSR count). The maximum absolute atomic E-state index is 5.58. The maximum Gasteiger partial charge on any atom is 0.278 e. The quantitative estimate of drug-likeness (QED) is 0.745. The molecule has 0 fully saturated rings. The average molecular weight is 191 g/mol. The van der Waals surface area contributed by atoms with E-state index in [4.69, 9.17) is 10.3 Å². The van der Waals surface area contributed by atoms with Crippen LogP contribution in [-0.4, -0.2) is 20.1 Å². The third-order valence-corrected chi connectivity index (χ3v) is 1.63. The lowest BCUT2D eigenvalue weighted by Crippen LogP contribution is -2.06. The molecule has 0 aliphatic rings. The molecule has 0 aliphatic heterocycles. The highest BCUT2D eigenvalue weighted by atomic mass is 16.5. The summed E-state index contributed by atoms with van der Waals surface area (Å²) >= 11 is 0. The van der Waals surface area contributed by atoms with Crippen molar-refractivity contribution >= 4 is 0 Å². The van der Waals surface area contributed by atoms with Gasteiger partial charge in [0.1, 0.15) is 5.69 Å². The van der Waals surface area contributed by atoms with E-state index in [1.165, 1.54) is 0 Å². The first-order valence-electron chi connectivity index (χ1n) is 4.13. The molecule has 72 valence electrons. The molecular weight excluding hydrogens is 182 g/mol. The summed E-state index contributed by atoms with van der Waals surface area (Å²) in [6, 6.07) is -0.246. The Morgan fingerprint density at radius 2 is 2.29 bits per heavy atom. The summed E-state index contributed by atoms with van der Waals surface area (Å²) in [6.07, 6.45) is 4.69. The van der Waals surface area contributed by atoms with E-state index < -0.39 is 0 Å². The standard InChI is InChI=1S/C8H9N5O/c1-5(9)7-12-8(14-13-7)6-4-10-2-3-11-6/h2-5H,9H2,1H3. The van der Waals surface area contributed by atoms with Crippen molar-refractivity contribution in [2.45, 2.75) is 13.0 Å². The Balaban J connectivity index is 2.34. The number of hydrogen-bond acceptors (Lipinski definition) is 6. The second kappa shape index (κ2) is 3.51. The summed E-state index contributed by atoms with van der Waals surface area (Å²) in [4.78, 5) is 12.0. The van der Waals surface area contributed by atoms with E-state index in [-0.39, 0.29) is 6.04 Å². The van der Waals surface area contributed by atoms with E-state index in [1.54, 1.807) is 25.5 Å². The second-order valence-corrected chi connectivity index (χ2v) is 2.84. The van der Waals surface area contributed by atoms with Crippen molar-refractivity contribution in [2.75, 3.05) is 0 Å². The SMILES string of the molecule is CC(N)c1noc(-c2cnccn2)n1. The van der Waals surface area contributed by atoms with Crippen LogP contribution in [0.25, 0.3) is 11.6 Å². The van der Waals surface area contributed by atoms with Crippen molar-refractivity contribution in [2.24, 2.45) is 5.73 Å². The maximum atomic E-state index is 5.58. The third-order valence-electron chi connectivity index (χ3n) is 1.63. The number of rotatable bonds is 2. The Kier molecular flexibility index (Phi) is 2.19. The first-order chi connectivity index (χ1) is 6.77. The van der Waals surface area contributed by atoms with Gasteiger partial charge in [0.25, 0.3) is 5.89 Å². The van der Waals surface area contributed by atoms with E-state index in [0.29, 0.717) is 17.4 Å². The zero-order chi connectivity index (χ0) is 9.97. The molecule has 2 aromatic rings. The largest absolute Gasteiger partial charge is 0.332 e. The molecule has 0 amide bonds. The van der Waals surface area contributed by atoms with Crippen LogP contribution in [0.2, 0.25) is 0 Å². The van der Waals surface area contributed by atoms with E-state index in [0.717, 1.165) is 0 Å². The number of nitrogens with two attached hydrogens (primary N) is 1. The molecule has 0 aliphatic carbocycles. The Morgan fingerprint density at radius 1 is 1.43 bits per heavy atom. The molecule has 1 atom stereocenters. The molecule has 0 saturated carbocycles. The smallest absolute Gasteiger partial charge is 0.278 e. The molecule has 0 radical (unpaired) electrons. The molecular formula is C8H9N5O. The monoisotopic (exact) mass is 191 g/mol. The van der Waals surface area contributed by atoms with Gasteiger partial charge in [-0.05, 0) is 6.92 Å². The van der Waals surface area contributed by atoms with Gasteiger partial charge in [-0.15, -0.1) is 0 Å². The van der Waals surface area contributed by atoms with Gasteiger partial charge in [0.2, 0.25) is 0 Å². The fraction of sp³-hybridized carbons (Fsp3) is 0.250. The summed E-state index contributed by atoms with van der Waals surface area (Å²) in [5, 5.41) is 3.71. The van der Waals surface area contributed by atoms with Crippen molar-refractivity contribution < 1.29 is 4.52 Å². The number of nitrogens with zero attached hydrogens (tertiary/aromatic N) is 4. The van der Waals surface area contributed by atoms with E-state index in [1.807, 2.05) is 0 Å². The van der Waals surface area contributed by atoms with Crippen LogP contribution in [0, 0.1) is 0 Å². The van der Waals surface area contributed by atoms with E-state index >= 15 is 0 Å². The predicted octanol–water partition coefficient (Wildman–Crippen LogP) is 0.546. The van der Waals surface area contributed by atoms with Gasteiger partial charge in [-0.2, -0.15) is 4.98 Å². The minimum Gasteiger partial charge on any atom is -0.332 e. The van der Waals surface area contributed by atoms with Crippen molar-refractivity contribution in [3.8, 4) is 11.6 Å². The fourth-order valence-corrected chi connectivity index (χ4v) is 0.933. The molecule has 2 aromatic heterocycles. The highest BCUT2D eigenvalue weighted by Gasteiger charge is 2.12. The van der Waals surface area contributed by atoms with Crippen LogP contribution >= 0.6 is 0 Å². The lowest BCUT2D eigenvalue weighted by atomic mass is 10.3. The zero-order valence-corrected chi connectivity index (χ0v) is 7.58. The third kappa shape index (κ3) is 1.60. The van der Waals surface area contributed by atoms with Crippen molar-refractivity contribution in [3.63, 3.8) is 0 Å². The Labute approximate surface area is 80.2 Å². The van der Waals surface area contributed by atoms with Crippen LogP contribution in [0.5, 0.6) is 0 Å². The van der Waals surface area contributed by atoms with Crippen LogP contribution in [0.4, 0.5) is 0 Å². The highest BCUT2D eigenvalue weighted by molar-refractivity contribution is 5.43. The van der Waals surface area contributed by atoms with Gasteiger partial charge in [0, 0.05) is 12.4 Å². The topological polar surface area (TPSA) is 90.7 Å². The van der Waals surface area contributed by atoms with Gasteiger partial charge in [0.15, 0.2) is 5.82 Å². The Bertz CT molecular complexity index is 411. The average Bonchev–Trinajstić information content (AvgIpc) is 2.68. The van der Waals surface area contributed by atoms with Crippen LogP contribution in [0.15, 0.2) is 23.1 Å². The van der Waals surface area contributed by atoms with Crippen LogP contribution < -0.4 is 5.73 Å². The summed E-state index contributed by atoms with van der Waals surface area (Å²) in [6.45, 7) is 1.78. The second-order valence-electron chi connectivity index (χ2n) is 2.84. The Hall–Kier alpha value is -1.82. The lowest BCUT2D eigenvalue weighted by molar-refractivity contribution is 0.417. The van der Waals surface area contributed by atoms with Crippen molar-refractivity contribution in [1.82, 2.24) is 20.1 Å². The van der Waals surface area contributed by atoms with Crippen LogP contribution in [-0.2, 0) is 0 Å². The van der Waals surface area contributed by atoms with Gasteiger partial charge in [0.05, 0.1) is 12.2 Å². The zero-order valence-electron chi connectivity index (χ0n) is 7.58. The first-order valence-corrected chi connectivity index (χ1v) is 4.13. The molecule has 0 bridgehead atoms. The molecule has 14 heavy (non-hydrogen) atoms. The molecule has 6 nitrogen and oxygen atoms in total. The molecule has 0 aromatic carbocycles. The predicted molar refractivity (Wildman–Crippen MR) is 47.9 cm³/mol. The van der Waals surface area contributed by atoms with Gasteiger partial charge >= 0.3 is 0 Å². The molecule has 1 unspecified atom stereocenters. The van der Waals surface area contributed by atoms with Crippen molar-refractivity contribution in [1.29, 1.82) is 0 Å². The lowest BCUT2D eigenvalue weighted by Gasteiger charge is -1.93. The van der Waals surface area contributed by atoms with Gasteiger partial charge in [-0.25, -0.2) is 4.98 Å². The molecule has 2 heterocycles. The summed E-state index contributed by atoms with van der Waals surface area (Å²) in [5.41, 5.74) is 6.13. The van der Waals surface area contributed by atoms with Crippen LogP contribution in [0.3, 0.4) is 0 Å². The molecule has 6 heteroatoms. The first kappa shape index (κ1) is 8.76. The van der Waals surface area contributed by atoms with Crippen molar-refractivity contribution in [3.05, 3.63) is 24.4 Å². The molecule has 0 spiro atoms. The van der Waals surface area contributed by atoms with E-state index in [2.05, 4.69) is 20.1 Å². The number of hydrogen-bond donors (Lipinski definition) is 1. The summed E-state index contributed by atoms with van der Waals surface area (Å²) in [7, 11) is 0. The summed E-state index contributed by atoms with van der Waals surface area (Å²) < 4.78 is 4.97. The molecule has 2 N–H and O–H groups in total. The fourth-order valence-electron chi connectivity index (χ4n) is 0.933. The van der Waals surface area contributed by atoms with E-state index in [9.17, 15) is 0 Å². The summed E-state index contributed by atoms with van der Waals surface area (Å²) in [5.74, 6) is 0.802. The normalized spacial score (nSPS) is 12.7. The van der Waals surface area contributed by atoms with Crippen LogP contribution in [0.1, 0.15) is 18.8 Å². The minimum atomic E-state index is -0.246. The van der Waals surface area contributed by atoms with Gasteiger partial charge in [-0.1, -0.05) is 5.16 Å². The van der Waals surface area contributed by atoms with Gasteiger partial charge < -0.3 is 10.3 Å². The highest BCUT2D eigenvalue weighted by Crippen LogP contribution is 2.14.